The maximum Gasteiger partial charge on any atom is 0.130 e. The summed E-state index contributed by atoms with van der Waals surface area (Å²) in [5.41, 5.74) is 6.58. The monoisotopic (exact) mass is 281 g/mol. The Morgan fingerprint density at radius 1 is 0.944 bits per heavy atom. The molecule has 0 saturated carbocycles. The molecule has 2 nitrogen and oxygen atoms in total. The van der Waals surface area contributed by atoms with Gasteiger partial charge >= 0.3 is 0 Å². The molecule has 0 aliphatic carbocycles. The van der Waals surface area contributed by atoms with E-state index in [0.29, 0.717) is 16.6 Å². The molecular formula is C14H13Cl2NO. The zero-order valence-electron chi connectivity index (χ0n) is 9.70. The van der Waals surface area contributed by atoms with Gasteiger partial charge < -0.3 is 10.5 Å². The van der Waals surface area contributed by atoms with Gasteiger partial charge in [-0.25, -0.2) is 0 Å². The number of hydrogen-bond acceptors (Lipinski definition) is 2. The number of ether oxygens (including phenoxy) is 1. The summed E-state index contributed by atoms with van der Waals surface area (Å²) in [7, 11) is 0. The fraction of sp³-hybridized carbons (Fsp3) is 0.143. The predicted molar refractivity (Wildman–Crippen MR) is 75.7 cm³/mol. The highest BCUT2D eigenvalue weighted by atomic mass is 35.5. The molecule has 0 aliphatic heterocycles. The topological polar surface area (TPSA) is 35.2 Å². The lowest BCUT2D eigenvalue weighted by atomic mass is 10.1. The van der Waals surface area contributed by atoms with E-state index in [2.05, 4.69) is 0 Å². The first-order chi connectivity index (χ1) is 8.69. The van der Waals surface area contributed by atoms with Crippen LogP contribution in [0.1, 0.15) is 5.56 Å². The van der Waals surface area contributed by atoms with Crippen LogP contribution in [0.3, 0.4) is 0 Å². The van der Waals surface area contributed by atoms with Gasteiger partial charge in [0, 0.05) is 10.0 Å². The minimum absolute atomic E-state index is 0.553. The van der Waals surface area contributed by atoms with Crippen molar-refractivity contribution in [1.82, 2.24) is 0 Å². The average molecular weight is 282 g/mol. The van der Waals surface area contributed by atoms with Gasteiger partial charge in [0.2, 0.25) is 0 Å². The van der Waals surface area contributed by atoms with E-state index in [1.165, 1.54) is 0 Å². The third-order valence-corrected chi connectivity index (χ3v) is 2.96. The highest BCUT2D eigenvalue weighted by molar-refractivity contribution is 6.30. The number of nitrogens with two attached hydrogens (primary N) is 1. The molecule has 0 saturated heterocycles. The van der Waals surface area contributed by atoms with Crippen molar-refractivity contribution >= 4 is 23.2 Å². The average Bonchev–Trinajstić information content (AvgIpc) is 2.36. The van der Waals surface area contributed by atoms with E-state index in [0.717, 1.165) is 23.5 Å². The number of halogens is 2. The van der Waals surface area contributed by atoms with E-state index >= 15 is 0 Å². The van der Waals surface area contributed by atoms with Crippen LogP contribution in [0, 0.1) is 0 Å². The Bertz CT molecular complexity index is 526. The van der Waals surface area contributed by atoms with Crippen molar-refractivity contribution in [3.63, 3.8) is 0 Å². The molecule has 0 unspecified atom stereocenters. The minimum Gasteiger partial charge on any atom is -0.457 e. The number of hydrogen-bond donors (Lipinski definition) is 1. The Morgan fingerprint density at radius 3 is 2.28 bits per heavy atom. The SMILES string of the molecule is NCCc1cc(Cl)ccc1Oc1ccc(Cl)cc1. The molecule has 0 aromatic heterocycles. The zero-order chi connectivity index (χ0) is 13.0. The Morgan fingerprint density at radius 2 is 1.61 bits per heavy atom. The molecule has 2 aromatic rings. The largest absolute Gasteiger partial charge is 0.457 e. The smallest absolute Gasteiger partial charge is 0.130 e. The van der Waals surface area contributed by atoms with Crippen LogP contribution in [-0.4, -0.2) is 6.54 Å². The molecule has 0 fully saturated rings. The van der Waals surface area contributed by atoms with Crippen LogP contribution in [0.15, 0.2) is 42.5 Å². The Labute approximate surface area is 116 Å². The van der Waals surface area contributed by atoms with Crippen LogP contribution in [0.2, 0.25) is 10.0 Å². The van der Waals surface area contributed by atoms with Crippen LogP contribution >= 0.6 is 23.2 Å². The van der Waals surface area contributed by atoms with Gasteiger partial charge in [-0.05, 0) is 61.0 Å². The molecule has 0 amide bonds. The molecule has 0 bridgehead atoms. The quantitative estimate of drug-likeness (QED) is 0.908. The summed E-state index contributed by atoms with van der Waals surface area (Å²) < 4.78 is 5.80. The zero-order valence-corrected chi connectivity index (χ0v) is 11.2. The lowest BCUT2D eigenvalue weighted by Crippen LogP contribution is -2.04. The standard InChI is InChI=1S/C14H13Cl2NO/c15-11-1-4-13(5-2-11)18-14-6-3-12(16)9-10(14)7-8-17/h1-6,9H,7-8,17H2. The maximum atomic E-state index is 5.96. The van der Waals surface area contributed by atoms with E-state index < -0.39 is 0 Å². The summed E-state index contributed by atoms with van der Waals surface area (Å²) in [6, 6.07) is 12.7. The summed E-state index contributed by atoms with van der Waals surface area (Å²) in [6.45, 7) is 0.553. The van der Waals surface area contributed by atoms with Gasteiger partial charge in [0.15, 0.2) is 0 Å². The van der Waals surface area contributed by atoms with Crippen LogP contribution in [-0.2, 0) is 6.42 Å². The molecule has 2 rings (SSSR count). The van der Waals surface area contributed by atoms with Crippen molar-refractivity contribution in [3.8, 4) is 11.5 Å². The molecule has 2 aromatic carbocycles. The van der Waals surface area contributed by atoms with Crippen molar-refractivity contribution < 1.29 is 4.74 Å². The van der Waals surface area contributed by atoms with Crippen molar-refractivity contribution in [2.75, 3.05) is 6.54 Å². The maximum absolute atomic E-state index is 5.96. The van der Waals surface area contributed by atoms with E-state index in [1.54, 1.807) is 18.2 Å². The van der Waals surface area contributed by atoms with Crippen molar-refractivity contribution in [2.45, 2.75) is 6.42 Å². The van der Waals surface area contributed by atoms with Crippen LogP contribution in [0.4, 0.5) is 0 Å². The van der Waals surface area contributed by atoms with Gasteiger partial charge in [-0.1, -0.05) is 23.2 Å². The normalized spacial score (nSPS) is 10.4. The van der Waals surface area contributed by atoms with Crippen LogP contribution in [0.5, 0.6) is 11.5 Å². The van der Waals surface area contributed by atoms with Gasteiger partial charge in [0.25, 0.3) is 0 Å². The molecule has 0 radical (unpaired) electrons. The summed E-state index contributed by atoms with van der Waals surface area (Å²) in [4.78, 5) is 0. The molecule has 0 spiro atoms. The first-order valence-corrected chi connectivity index (χ1v) is 6.36. The van der Waals surface area contributed by atoms with Crippen LogP contribution < -0.4 is 10.5 Å². The summed E-state index contributed by atoms with van der Waals surface area (Å²) >= 11 is 11.8. The van der Waals surface area contributed by atoms with E-state index in [-0.39, 0.29) is 0 Å². The first kappa shape index (κ1) is 13.2. The fourth-order valence-corrected chi connectivity index (χ4v) is 1.95. The number of rotatable bonds is 4. The van der Waals surface area contributed by atoms with E-state index in [9.17, 15) is 0 Å². The number of benzene rings is 2. The summed E-state index contributed by atoms with van der Waals surface area (Å²) in [5, 5.41) is 1.36. The van der Waals surface area contributed by atoms with E-state index in [1.807, 2.05) is 24.3 Å². The molecule has 0 heterocycles. The van der Waals surface area contributed by atoms with Crippen molar-refractivity contribution in [1.29, 1.82) is 0 Å². The molecule has 18 heavy (non-hydrogen) atoms. The first-order valence-electron chi connectivity index (χ1n) is 5.61. The second-order valence-corrected chi connectivity index (χ2v) is 4.72. The molecule has 0 aliphatic rings. The molecular weight excluding hydrogens is 269 g/mol. The van der Waals surface area contributed by atoms with Gasteiger partial charge in [-0.15, -0.1) is 0 Å². The summed E-state index contributed by atoms with van der Waals surface area (Å²) in [5.74, 6) is 1.51. The fourth-order valence-electron chi connectivity index (χ4n) is 1.63. The third-order valence-electron chi connectivity index (χ3n) is 2.48. The Kier molecular flexibility index (Phi) is 4.48. The lowest BCUT2D eigenvalue weighted by molar-refractivity contribution is 0.476. The molecule has 4 heteroatoms. The second-order valence-electron chi connectivity index (χ2n) is 3.85. The molecule has 2 N–H and O–H groups in total. The minimum atomic E-state index is 0.553. The van der Waals surface area contributed by atoms with Gasteiger partial charge in [-0.2, -0.15) is 0 Å². The second kappa shape index (κ2) is 6.10. The highest BCUT2D eigenvalue weighted by Gasteiger charge is 2.05. The molecule has 0 atom stereocenters. The van der Waals surface area contributed by atoms with Gasteiger partial charge in [0.05, 0.1) is 0 Å². The van der Waals surface area contributed by atoms with Gasteiger partial charge in [0.1, 0.15) is 11.5 Å². The lowest BCUT2D eigenvalue weighted by Gasteiger charge is -2.11. The van der Waals surface area contributed by atoms with Crippen LogP contribution in [0.25, 0.3) is 0 Å². The van der Waals surface area contributed by atoms with Gasteiger partial charge in [-0.3, -0.25) is 0 Å². The van der Waals surface area contributed by atoms with Crippen molar-refractivity contribution in [3.05, 3.63) is 58.1 Å². The van der Waals surface area contributed by atoms with E-state index in [4.69, 9.17) is 33.7 Å². The Balaban J connectivity index is 2.25. The third kappa shape index (κ3) is 3.39. The van der Waals surface area contributed by atoms with Crippen molar-refractivity contribution in [2.24, 2.45) is 5.73 Å². The summed E-state index contributed by atoms with van der Waals surface area (Å²) in [6.07, 6.45) is 0.726. The highest BCUT2D eigenvalue weighted by Crippen LogP contribution is 2.28. The predicted octanol–water partition coefficient (Wildman–Crippen LogP) is 4.29. The molecule has 94 valence electrons. The Hall–Kier alpha value is -1.22.